The molecule has 2 N–H and O–H groups in total. The van der Waals surface area contributed by atoms with Gasteiger partial charge in [-0.2, -0.15) is 0 Å². The number of anilines is 1. The van der Waals surface area contributed by atoms with Gasteiger partial charge >= 0.3 is 5.97 Å². The highest BCUT2D eigenvalue weighted by molar-refractivity contribution is 6.15. The zero-order valence-electron chi connectivity index (χ0n) is 14.0. The van der Waals surface area contributed by atoms with E-state index in [9.17, 15) is 19.8 Å². The Morgan fingerprint density at radius 1 is 1.00 bits per heavy atom. The molecule has 0 aliphatic carbocycles. The van der Waals surface area contributed by atoms with Crippen LogP contribution in [0.1, 0.15) is 45.7 Å². The molecule has 5 nitrogen and oxygen atoms in total. The van der Waals surface area contributed by atoms with Crippen molar-refractivity contribution < 1.29 is 19.8 Å². The van der Waals surface area contributed by atoms with E-state index in [0.29, 0.717) is 0 Å². The summed E-state index contributed by atoms with van der Waals surface area (Å²) in [4.78, 5) is 26.1. The highest BCUT2D eigenvalue weighted by Gasteiger charge is 2.21. The Bertz CT molecular complexity index is 779. The largest absolute Gasteiger partial charge is 0.507 e. The van der Waals surface area contributed by atoms with Crippen LogP contribution in [-0.2, 0) is 0 Å². The maximum Gasteiger partial charge on any atom is 0.336 e. The molecule has 5 heteroatoms. The number of phenolic OH excluding ortho intramolecular Hbond substituents is 1. The van der Waals surface area contributed by atoms with E-state index in [2.05, 4.69) is 4.90 Å². The first-order chi connectivity index (χ1) is 11.4. The number of aromatic hydroxyl groups is 1. The van der Waals surface area contributed by atoms with E-state index in [1.54, 1.807) is 24.3 Å². The quantitative estimate of drug-likeness (QED) is 0.794. The number of rotatable bonds is 6. The van der Waals surface area contributed by atoms with Crippen LogP contribution in [-0.4, -0.2) is 35.1 Å². The van der Waals surface area contributed by atoms with Crippen molar-refractivity contribution >= 4 is 17.4 Å². The Balaban J connectivity index is 2.52. The molecule has 0 saturated carbocycles. The lowest BCUT2D eigenvalue weighted by Gasteiger charge is -2.24. The van der Waals surface area contributed by atoms with Crippen molar-refractivity contribution in [3.05, 3.63) is 58.7 Å². The van der Waals surface area contributed by atoms with E-state index in [-0.39, 0.29) is 22.4 Å². The molecule has 0 unspecified atom stereocenters. The molecule has 0 aliphatic heterocycles. The molecule has 24 heavy (non-hydrogen) atoms. The number of aromatic carboxylic acids is 1. The second-order valence-electron chi connectivity index (χ2n) is 5.51. The molecule has 0 atom stereocenters. The van der Waals surface area contributed by atoms with Crippen LogP contribution in [0.4, 0.5) is 5.69 Å². The second kappa shape index (κ2) is 7.17. The van der Waals surface area contributed by atoms with Gasteiger partial charge < -0.3 is 15.1 Å². The highest BCUT2D eigenvalue weighted by atomic mass is 16.4. The van der Waals surface area contributed by atoms with Crippen LogP contribution in [0.5, 0.6) is 5.75 Å². The first-order valence-corrected chi connectivity index (χ1v) is 7.86. The van der Waals surface area contributed by atoms with Crippen LogP contribution >= 0.6 is 0 Å². The van der Waals surface area contributed by atoms with Crippen molar-refractivity contribution in [3.8, 4) is 5.75 Å². The normalized spacial score (nSPS) is 10.5. The van der Waals surface area contributed by atoms with Crippen LogP contribution in [0.15, 0.2) is 36.4 Å². The first kappa shape index (κ1) is 17.5. The van der Waals surface area contributed by atoms with E-state index in [1.165, 1.54) is 12.1 Å². The summed E-state index contributed by atoms with van der Waals surface area (Å²) < 4.78 is 0. The Labute approximate surface area is 141 Å². The number of carbonyl (C=O) groups is 2. The maximum atomic E-state index is 12.7. The highest BCUT2D eigenvalue weighted by Crippen LogP contribution is 2.31. The molecule has 0 spiro atoms. The summed E-state index contributed by atoms with van der Waals surface area (Å²) in [5.41, 5.74) is 1.81. The SMILES string of the molecule is CCN(CC)c1cc(O)c(C(=O)c2ccccc2C(=O)O)cc1C. The lowest BCUT2D eigenvalue weighted by atomic mass is 9.96. The molecular formula is C19H21NO4. The standard InChI is InChI=1S/C19H21NO4/c1-4-20(5-2)16-11-17(21)15(10-12(16)3)18(22)13-8-6-7-9-14(13)19(23)24/h6-11,21H,4-5H2,1-3H3,(H,23,24). The molecule has 0 saturated heterocycles. The molecule has 2 rings (SSSR count). The molecule has 0 amide bonds. The number of ketones is 1. The third-order valence-corrected chi connectivity index (χ3v) is 4.07. The van der Waals surface area contributed by atoms with Gasteiger partial charge in [0.2, 0.25) is 0 Å². The summed E-state index contributed by atoms with van der Waals surface area (Å²) >= 11 is 0. The van der Waals surface area contributed by atoms with Gasteiger partial charge in [0, 0.05) is 30.4 Å². The number of phenols is 1. The Morgan fingerprint density at radius 3 is 2.12 bits per heavy atom. The summed E-state index contributed by atoms with van der Waals surface area (Å²) in [7, 11) is 0. The minimum atomic E-state index is -1.17. The molecular weight excluding hydrogens is 306 g/mol. The van der Waals surface area contributed by atoms with Crippen molar-refractivity contribution in [1.29, 1.82) is 0 Å². The average molecular weight is 327 g/mol. The van der Waals surface area contributed by atoms with Crippen LogP contribution in [0, 0.1) is 6.92 Å². The van der Waals surface area contributed by atoms with Crippen LogP contribution in [0.25, 0.3) is 0 Å². The van der Waals surface area contributed by atoms with Gasteiger partial charge in [-0.1, -0.05) is 18.2 Å². The van der Waals surface area contributed by atoms with Crippen molar-refractivity contribution in [3.63, 3.8) is 0 Å². The smallest absolute Gasteiger partial charge is 0.336 e. The topological polar surface area (TPSA) is 77.8 Å². The molecule has 0 fully saturated rings. The number of benzene rings is 2. The van der Waals surface area contributed by atoms with Crippen molar-refractivity contribution in [2.45, 2.75) is 20.8 Å². The summed E-state index contributed by atoms with van der Waals surface area (Å²) in [6, 6.07) is 9.19. The fraction of sp³-hybridized carbons (Fsp3) is 0.263. The molecule has 0 heterocycles. The number of aryl methyl sites for hydroxylation is 1. The molecule has 0 bridgehead atoms. The maximum absolute atomic E-state index is 12.7. The van der Waals surface area contributed by atoms with E-state index in [1.807, 2.05) is 20.8 Å². The van der Waals surface area contributed by atoms with Gasteiger partial charge in [0.05, 0.1) is 11.1 Å². The number of carboxylic acids is 1. The number of hydrogen-bond donors (Lipinski definition) is 2. The number of nitrogens with zero attached hydrogens (tertiary/aromatic N) is 1. The fourth-order valence-electron chi connectivity index (χ4n) is 2.79. The lowest BCUT2D eigenvalue weighted by Crippen LogP contribution is -2.23. The Kier molecular flexibility index (Phi) is 5.24. The van der Waals surface area contributed by atoms with Crippen molar-refractivity contribution in [1.82, 2.24) is 0 Å². The van der Waals surface area contributed by atoms with Gasteiger partial charge in [0.15, 0.2) is 5.78 Å². The van der Waals surface area contributed by atoms with Gasteiger partial charge in [-0.15, -0.1) is 0 Å². The van der Waals surface area contributed by atoms with Gasteiger partial charge in [-0.25, -0.2) is 4.79 Å². The monoisotopic (exact) mass is 327 g/mol. The first-order valence-electron chi connectivity index (χ1n) is 7.86. The zero-order chi connectivity index (χ0) is 17.9. The van der Waals surface area contributed by atoms with Crippen molar-refractivity contribution in [2.75, 3.05) is 18.0 Å². The van der Waals surface area contributed by atoms with E-state index < -0.39 is 11.8 Å². The summed E-state index contributed by atoms with van der Waals surface area (Å²) in [6.45, 7) is 7.47. The molecule has 126 valence electrons. The molecule has 0 aliphatic rings. The summed E-state index contributed by atoms with van der Waals surface area (Å²) in [5.74, 6) is -1.82. The number of hydrogen-bond acceptors (Lipinski definition) is 4. The number of carbonyl (C=O) groups excluding carboxylic acids is 1. The van der Waals surface area contributed by atoms with Gasteiger partial charge in [-0.3, -0.25) is 4.79 Å². The molecule has 0 aromatic heterocycles. The zero-order valence-corrected chi connectivity index (χ0v) is 14.0. The van der Waals surface area contributed by atoms with Crippen LogP contribution in [0.3, 0.4) is 0 Å². The molecule has 0 radical (unpaired) electrons. The Hall–Kier alpha value is -2.82. The summed E-state index contributed by atoms with van der Waals surface area (Å²) in [6.07, 6.45) is 0. The minimum absolute atomic E-state index is 0.0651. The molecule has 2 aromatic rings. The lowest BCUT2D eigenvalue weighted by molar-refractivity contribution is 0.0692. The number of carboxylic acid groups (broad SMARTS) is 1. The van der Waals surface area contributed by atoms with Gasteiger partial charge in [0.25, 0.3) is 0 Å². The molecule has 2 aromatic carbocycles. The van der Waals surface area contributed by atoms with Crippen LogP contribution in [0.2, 0.25) is 0 Å². The predicted octanol–water partition coefficient (Wildman–Crippen LogP) is 3.48. The Morgan fingerprint density at radius 2 is 1.58 bits per heavy atom. The van der Waals surface area contributed by atoms with E-state index in [0.717, 1.165) is 24.3 Å². The van der Waals surface area contributed by atoms with E-state index in [4.69, 9.17) is 0 Å². The van der Waals surface area contributed by atoms with Gasteiger partial charge in [0.1, 0.15) is 5.75 Å². The predicted molar refractivity (Wildman–Crippen MR) is 93.2 cm³/mol. The third-order valence-electron chi connectivity index (χ3n) is 4.07. The van der Waals surface area contributed by atoms with Gasteiger partial charge in [-0.05, 0) is 38.5 Å². The fourth-order valence-corrected chi connectivity index (χ4v) is 2.79. The van der Waals surface area contributed by atoms with Crippen LogP contribution < -0.4 is 4.90 Å². The van der Waals surface area contributed by atoms with E-state index >= 15 is 0 Å². The minimum Gasteiger partial charge on any atom is -0.507 e. The second-order valence-corrected chi connectivity index (χ2v) is 5.51. The summed E-state index contributed by atoms with van der Waals surface area (Å²) in [5, 5.41) is 19.6. The van der Waals surface area contributed by atoms with Crippen molar-refractivity contribution in [2.24, 2.45) is 0 Å². The average Bonchev–Trinajstić information content (AvgIpc) is 2.58. The third kappa shape index (κ3) is 3.25.